The van der Waals surface area contributed by atoms with Gasteiger partial charge in [0.25, 0.3) is 0 Å². The number of benzene rings is 3. The van der Waals surface area contributed by atoms with E-state index in [1.54, 1.807) is 50.2 Å². The number of thiazole rings is 1. The van der Waals surface area contributed by atoms with Crippen molar-refractivity contribution in [1.82, 2.24) is 55.4 Å². The van der Waals surface area contributed by atoms with Crippen LogP contribution in [0, 0.1) is 18.6 Å². The van der Waals surface area contributed by atoms with Crippen LogP contribution in [0.4, 0.5) is 20.4 Å². The molecule has 1 saturated heterocycles. The predicted octanol–water partition coefficient (Wildman–Crippen LogP) is 7.03. The molecular weight excluding hydrogens is 1100 g/mol. The number of carbonyl (C=O) groups is 6. The Morgan fingerprint density at radius 3 is 2.29 bits per heavy atom. The fourth-order valence-electron chi connectivity index (χ4n) is 9.83. The van der Waals surface area contributed by atoms with Gasteiger partial charge in [-0.2, -0.15) is 10.2 Å². The van der Waals surface area contributed by atoms with Gasteiger partial charge < -0.3 is 31.3 Å². The van der Waals surface area contributed by atoms with Crippen molar-refractivity contribution in [3.05, 3.63) is 89.3 Å². The summed E-state index contributed by atoms with van der Waals surface area (Å²) in [6.07, 6.45) is 9.96. The molecule has 0 spiro atoms. The largest absolute Gasteiger partial charge is 0.468 e. The molecule has 0 atom stereocenters. The number of ether oxygens (including phenoxy) is 1. The first-order valence-electron chi connectivity index (χ1n) is 27.1. The number of fused-ring (bicyclic) bond motifs is 2. The standard InChI is InChI=1S/C56H65F2N13O9S2/c1-4-27-82(78,79)68-41-15-11-14-38(52(41)58)53-54(42-20-24-61-56(59)65-42)81-55(66-53)35-21-25-69(26-22-35)48(75)17-9-7-5-6-8-10-23-60-45(72)18-19-49(76)71-44-29-39(40(57)28-36(44)30-64-71)37-13-12-16-43-51(37)34(2)67-70(43)33-47(74)62-31-46(73)63-32-50(77)80-3/h11-16,20,24,28-30,35,68H,4-10,17-19,21-23,25-27,31-33H2,1-3H3,(H,60,72)(H,62,74)(H,63,73)(H2,59,61,65). The number of rotatable bonds is 26. The Kier molecular flexibility index (Phi) is 20.1. The van der Waals surface area contributed by atoms with E-state index >= 15 is 8.78 Å². The number of hydrogen-bond donors (Lipinski definition) is 5. The zero-order valence-electron chi connectivity index (χ0n) is 45.8. The highest BCUT2D eigenvalue weighted by atomic mass is 32.2. The van der Waals surface area contributed by atoms with Crippen molar-refractivity contribution in [3.63, 3.8) is 0 Å². The van der Waals surface area contributed by atoms with Crippen LogP contribution in [-0.4, -0.2) is 129 Å². The van der Waals surface area contributed by atoms with E-state index in [1.807, 2.05) is 4.90 Å². The molecule has 3 aromatic carbocycles. The average molecular weight is 1170 g/mol. The number of aryl methyl sites for hydroxylation is 1. The van der Waals surface area contributed by atoms with E-state index in [1.165, 1.54) is 58.4 Å². The summed E-state index contributed by atoms with van der Waals surface area (Å²) in [5.74, 6) is -3.80. The van der Waals surface area contributed by atoms with Crippen molar-refractivity contribution >= 4 is 90.3 Å². The van der Waals surface area contributed by atoms with Crippen molar-refractivity contribution in [2.75, 3.05) is 56.0 Å². The van der Waals surface area contributed by atoms with E-state index in [2.05, 4.69) is 45.6 Å². The van der Waals surface area contributed by atoms with Gasteiger partial charge in [0.1, 0.15) is 18.9 Å². The topological polar surface area (TPSA) is 297 Å². The number of sulfonamides is 1. The fraction of sp³-hybridized carbons (Fsp3) is 0.411. The summed E-state index contributed by atoms with van der Waals surface area (Å²) in [6.45, 7) is 4.03. The number of methoxy groups -OCH3 is 1. The number of nitrogens with zero attached hydrogens (tertiary/aromatic N) is 8. The van der Waals surface area contributed by atoms with Gasteiger partial charge >= 0.3 is 5.97 Å². The zero-order valence-corrected chi connectivity index (χ0v) is 47.4. The van der Waals surface area contributed by atoms with Gasteiger partial charge in [0, 0.05) is 72.9 Å². The van der Waals surface area contributed by atoms with Crippen LogP contribution in [0.15, 0.2) is 67.0 Å². The van der Waals surface area contributed by atoms with Gasteiger partial charge in [0.2, 0.25) is 45.5 Å². The number of esters is 1. The first-order chi connectivity index (χ1) is 39.4. The van der Waals surface area contributed by atoms with E-state index in [4.69, 9.17) is 10.7 Å². The van der Waals surface area contributed by atoms with Crippen LogP contribution in [0.2, 0.25) is 0 Å². The van der Waals surface area contributed by atoms with Gasteiger partial charge in [-0.25, -0.2) is 36.8 Å². The molecule has 1 fully saturated rings. The maximum Gasteiger partial charge on any atom is 0.325 e. The smallest absolute Gasteiger partial charge is 0.325 e. The van der Waals surface area contributed by atoms with Gasteiger partial charge in [0.05, 0.1) is 69.3 Å². The summed E-state index contributed by atoms with van der Waals surface area (Å²) in [4.78, 5) is 91.4. The van der Waals surface area contributed by atoms with Gasteiger partial charge in [-0.05, 0) is 81.0 Å². The second-order valence-electron chi connectivity index (χ2n) is 19.9. The third kappa shape index (κ3) is 15.0. The molecule has 434 valence electrons. The predicted molar refractivity (Wildman–Crippen MR) is 306 cm³/mol. The van der Waals surface area contributed by atoms with Crippen LogP contribution in [-0.2, 0) is 45.3 Å². The Balaban J connectivity index is 0.744. The highest BCUT2D eigenvalue weighted by Gasteiger charge is 2.30. The van der Waals surface area contributed by atoms with Crippen molar-refractivity contribution in [1.29, 1.82) is 0 Å². The molecule has 26 heteroatoms. The van der Waals surface area contributed by atoms with Crippen LogP contribution in [0.1, 0.15) is 105 Å². The molecule has 0 aliphatic carbocycles. The highest BCUT2D eigenvalue weighted by molar-refractivity contribution is 7.92. The molecule has 8 rings (SSSR count). The summed E-state index contributed by atoms with van der Waals surface area (Å²) in [5, 5.41) is 18.2. The number of hydrogen-bond acceptors (Lipinski definition) is 16. The maximum atomic E-state index is 16.1. The molecular formula is C56H65F2N13O9S2. The summed E-state index contributed by atoms with van der Waals surface area (Å²) in [5.41, 5.74) is 8.69. The van der Waals surface area contributed by atoms with Crippen LogP contribution in [0.3, 0.4) is 0 Å². The number of nitrogens with one attached hydrogen (secondary N) is 4. The molecule has 0 unspecified atom stereocenters. The van der Waals surface area contributed by atoms with E-state index < -0.39 is 45.3 Å². The second-order valence-corrected chi connectivity index (χ2v) is 22.8. The summed E-state index contributed by atoms with van der Waals surface area (Å²) < 4.78 is 66.4. The Labute approximate surface area is 476 Å². The summed E-state index contributed by atoms with van der Waals surface area (Å²) in [6, 6.07) is 14.1. The van der Waals surface area contributed by atoms with Crippen molar-refractivity contribution in [2.24, 2.45) is 0 Å². The van der Waals surface area contributed by atoms with Gasteiger partial charge in [-0.1, -0.05) is 50.8 Å². The molecule has 7 aromatic rings. The third-order valence-corrected chi connectivity index (χ3v) is 16.7. The molecule has 82 heavy (non-hydrogen) atoms. The van der Waals surface area contributed by atoms with Crippen molar-refractivity contribution in [3.8, 4) is 33.0 Å². The Morgan fingerprint density at radius 1 is 0.805 bits per heavy atom. The summed E-state index contributed by atoms with van der Waals surface area (Å²) >= 11 is 1.37. The third-order valence-electron chi connectivity index (χ3n) is 14.0. The quantitative estimate of drug-likeness (QED) is 0.0269. The average Bonchev–Trinajstić information content (AvgIpc) is 4.34. The fourth-order valence-corrected chi connectivity index (χ4v) is 12.2. The minimum atomic E-state index is -3.76. The first-order valence-corrected chi connectivity index (χ1v) is 29.6. The first kappa shape index (κ1) is 59.9. The molecule has 1 aliphatic rings. The maximum absolute atomic E-state index is 16.1. The number of halogens is 2. The Hall–Kier alpha value is -8.26. The molecule has 22 nitrogen and oxygen atoms in total. The number of piperidine rings is 1. The van der Waals surface area contributed by atoms with E-state index in [-0.39, 0.29) is 78.7 Å². The lowest BCUT2D eigenvalue weighted by atomic mass is 9.97. The number of anilines is 2. The minimum absolute atomic E-state index is 0.00291. The molecule has 4 amide bonds. The van der Waals surface area contributed by atoms with E-state index in [0.717, 1.165) is 43.5 Å². The Morgan fingerprint density at radius 2 is 1.54 bits per heavy atom. The van der Waals surface area contributed by atoms with Crippen LogP contribution in [0.5, 0.6) is 0 Å². The number of nitrogen functional groups attached to an aromatic ring is 1. The second kappa shape index (κ2) is 27.5. The number of aromatic nitrogens is 7. The van der Waals surface area contributed by atoms with Crippen LogP contribution < -0.4 is 26.4 Å². The van der Waals surface area contributed by atoms with E-state index in [0.29, 0.717) is 94.6 Å². The SMILES string of the molecule is CCCS(=O)(=O)Nc1cccc(-c2nc(C3CCN(C(=O)CCCCCCCCNC(=O)CCC(=O)n4ncc5cc(F)c(-c6cccc7c6c(C)nn7CC(=O)NCC(=O)NCC(=O)OC)cc54)CC3)sc2-c2ccnc(N)n2)c1F. The molecule has 0 saturated carbocycles. The number of nitrogens with two attached hydrogens (primary N) is 1. The van der Waals surface area contributed by atoms with Crippen LogP contribution >= 0.6 is 11.3 Å². The lowest BCUT2D eigenvalue weighted by Gasteiger charge is -2.31. The van der Waals surface area contributed by atoms with Gasteiger partial charge in [-0.3, -0.25) is 38.2 Å². The van der Waals surface area contributed by atoms with E-state index in [9.17, 15) is 37.2 Å². The molecule has 1 aliphatic heterocycles. The number of carbonyl (C=O) groups excluding carboxylic acids is 6. The number of likely N-dealkylation sites (tertiary alicyclic amines) is 1. The number of amides is 4. The molecule has 0 radical (unpaired) electrons. The molecule has 4 aromatic heterocycles. The zero-order chi connectivity index (χ0) is 58.5. The van der Waals surface area contributed by atoms with Crippen molar-refractivity contribution < 1.29 is 50.7 Å². The Bertz CT molecular complexity index is 3620. The normalized spacial score (nSPS) is 12.9. The monoisotopic (exact) mass is 1170 g/mol. The highest BCUT2D eigenvalue weighted by Crippen LogP contribution is 2.43. The lowest BCUT2D eigenvalue weighted by molar-refractivity contribution is -0.141. The minimum Gasteiger partial charge on any atom is -0.468 e. The van der Waals surface area contributed by atoms with Gasteiger partial charge in [-0.15, -0.1) is 11.3 Å². The lowest BCUT2D eigenvalue weighted by Crippen LogP contribution is -2.40. The molecule has 5 heterocycles. The number of unbranched alkanes of at least 4 members (excludes halogenated alkanes) is 5. The van der Waals surface area contributed by atoms with Crippen molar-refractivity contribution in [2.45, 2.75) is 103 Å². The summed E-state index contributed by atoms with van der Waals surface area (Å²) in [7, 11) is -2.57. The molecule has 0 bridgehead atoms. The molecule has 6 N–H and O–H groups in total. The van der Waals surface area contributed by atoms with Crippen LogP contribution in [0.25, 0.3) is 54.8 Å². The van der Waals surface area contributed by atoms with Gasteiger partial charge in [0.15, 0.2) is 5.82 Å².